The zero-order valence-corrected chi connectivity index (χ0v) is 12.6. The Morgan fingerprint density at radius 2 is 2.11 bits per heavy atom. The number of hydrogen-bond donors (Lipinski definition) is 1. The first kappa shape index (κ1) is 14.3. The summed E-state index contributed by atoms with van der Waals surface area (Å²) >= 11 is 0. The number of nitrogens with zero attached hydrogens (tertiary/aromatic N) is 3. The highest BCUT2D eigenvalue weighted by atomic mass is 15.3. The highest BCUT2D eigenvalue weighted by Gasteiger charge is 2.30. The molecule has 0 spiro atoms. The first-order valence-corrected chi connectivity index (χ1v) is 7.13. The Morgan fingerprint density at radius 3 is 2.68 bits per heavy atom. The fraction of sp³-hybridized carbons (Fsp3) is 0.667. The van der Waals surface area contributed by atoms with Gasteiger partial charge in [-0.1, -0.05) is 6.07 Å². The molecule has 2 rings (SSSR count). The van der Waals surface area contributed by atoms with Gasteiger partial charge in [0, 0.05) is 44.5 Å². The molecule has 1 fully saturated rings. The smallest absolute Gasteiger partial charge is 0.125 e. The maximum Gasteiger partial charge on any atom is 0.125 e. The van der Waals surface area contributed by atoms with Crippen LogP contribution in [0.3, 0.4) is 0 Å². The summed E-state index contributed by atoms with van der Waals surface area (Å²) < 4.78 is 0. The van der Waals surface area contributed by atoms with Gasteiger partial charge in [-0.2, -0.15) is 0 Å². The van der Waals surface area contributed by atoms with Crippen molar-refractivity contribution in [2.24, 2.45) is 0 Å². The maximum atomic E-state index is 4.44. The number of likely N-dealkylation sites (N-methyl/N-ethyl adjacent to an activating group) is 1. The zero-order chi connectivity index (χ0) is 13.9. The topological polar surface area (TPSA) is 31.4 Å². The minimum Gasteiger partial charge on any atom is -0.370 e. The number of aromatic nitrogens is 1. The van der Waals surface area contributed by atoms with E-state index in [-0.39, 0.29) is 5.54 Å². The second-order valence-electron chi connectivity index (χ2n) is 6.03. The molecule has 0 aliphatic carbocycles. The van der Waals surface area contributed by atoms with Gasteiger partial charge in [0.05, 0.1) is 0 Å². The summed E-state index contributed by atoms with van der Waals surface area (Å²) in [5.41, 5.74) is 1.55. The minimum absolute atomic E-state index is 0.259. The number of anilines is 1. The van der Waals surface area contributed by atoms with Crippen LogP contribution < -0.4 is 5.32 Å². The predicted octanol–water partition coefficient (Wildman–Crippen LogP) is 2.04. The molecule has 0 radical (unpaired) electrons. The van der Waals surface area contributed by atoms with Gasteiger partial charge in [0.2, 0.25) is 0 Å². The molecule has 19 heavy (non-hydrogen) atoms. The van der Waals surface area contributed by atoms with Crippen molar-refractivity contribution in [3.63, 3.8) is 0 Å². The molecule has 1 aliphatic rings. The highest BCUT2D eigenvalue weighted by Crippen LogP contribution is 2.20. The van der Waals surface area contributed by atoms with Crippen molar-refractivity contribution >= 4 is 5.82 Å². The summed E-state index contributed by atoms with van der Waals surface area (Å²) in [6, 6.07) is 4.25. The third-order valence-electron chi connectivity index (χ3n) is 3.98. The van der Waals surface area contributed by atoms with Crippen molar-refractivity contribution < 1.29 is 0 Å². The molecule has 0 unspecified atom stereocenters. The molecule has 1 aromatic rings. The van der Waals surface area contributed by atoms with E-state index in [4.69, 9.17) is 0 Å². The van der Waals surface area contributed by atoms with E-state index >= 15 is 0 Å². The standard InChI is InChI=1S/C15H26N4/c1-5-16-14-7-6-13(10-17-14)11-19-9-8-18(4)15(2,3)12-19/h6-7,10H,5,8-9,11-12H2,1-4H3,(H,16,17). The summed E-state index contributed by atoms with van der Waals surface area (Å²) in [5.74, 6) is 0.963. The van der Waals surface area contributed by atoms with Gasteiger partial charge in [-0.05, 0) is 39.4 Å². The molecule has 0 aromatic carbocycles. The molecular formula is C15H26N4. The van der Waals surface area contributed by atoms with E-state index in [2.05, 4.69) is 60.1 Å². The number of nitrogens with one attached hydrogen (secondary N) is 1. The Bertz CT molecular complexity index is 399. The summed E-state index contributed by atoms with van der Waals surface area (Å²) in [4.78, 5) is 9.40. The second kappa shape index (κ2) is 5.88. The second-order valence-corrected chi connectivity index (χ2v) is 6.03. The van der Waals surface area contributed by atoms with E-state index < -0.39 is 0 Å². The molecule has 1 saturated heterocycles. The first-order chi connectivity index (χ1) is 9.01. The van der Waals surface area contributed by atoms with Crippen molar-refractivity contribution in [1.29, 1.82) is 0 Å². The van der Waals surface area contributed by atoms with Gasteiger partial charge < -0.3 is 5.32 Å². The maximum absolute atomic E-state index is 4.44. The van der Waals surface area contributed by atoms with Crippen LogP contribution in [0.4, 0.5) is 5.82 Å². The van der Waals surface area contributed by atoms with Crippen molar-refractivity contribution in [2.75, 3.05) is 38.5 Å². The Morgan fingerprint density at radius 1 is 1.32 bits per heavy atom. The van der Waals surface area contributed by atoms with Crippen LogP contribution in [0.25, 0.3) is 0 Å². The van der Waals surface area contributed by atoms with E-state index in [9.17, 15) is 0 Å². The van der Waals surface area contributed by atoms with E-state index in [1.807, 2.05) is 6.20 Å². The summed E-state index contributed by atoms with van der Waals surface area (Å²) in [7, 11) is 2.21. The average molecular weight is 262 g/mol. The zero-order valence-electron chi connectivity index (χ0n) is 12.6. The van der Waals surface area contributed by atoms with Gasteiger partial charge in [-0.3, -0.25) is 9.80 Å². The molecule has 1 aliphatic heterocycles. The first-order valence-electron chi connectivity index (χ1n) is 7.13. The molecule has 106 valence electrons. The Balaban J connectivity index is 1.94. The van der Waals surface area contributed by atoms with Gasteiger partial charge in [0.1, 0.15) is 5.82 Å². The van der Waals surface area contributed by atoms with Crippen molar-refractivity contribution in [1.82, 2.24) is 14.8 Å². The van der Waals surface area contributed by atoms with Crippen LogP contribution in [0.5, 0.6) is 0 Å². The third-order valence-corrected chi connectivity index (χ3v) is 3.98. The largest absolute Gasteiger partial charge is 0.370 e. The number of hydrogen-bond acceptors (Lipinski definition) is 4. The van der Waals surface area contributed by atoms with Gasteiger partial charge in [-0.25, -0.2) is 4.98 Å². The SMILES string of the molecule is CCNc1ccc(CN2CCN(C)C(C)(C)C2)cn1. The van der Waals surface area contributed by atoms with Crippen LogP contribution in [-0.4, -0.2) is 53.5 Å². The summed E-state index contributed by atoms with van der Waals surface area (Å²) in [6.07, 6.45) is 1.99. The lowest BCUT2D eigenvalue weighted by Crippen LogP contribution is -2.57. The van der Waals surface area contributed by atoms with E-state index in [0.29, 0.717) is 0 Å². The molecular weight excluding hydrogens is 236 g/mol. The molecule has 1 N–H and O–H groups in total. The molecule has 0 amide bonds. The lowest BCUT2D eigenvalue weighted by Gasteiger charge is -2.45. The fourth-order valence-corrected chi connectivity index (χ4v) is 2.54. The molecule has 1 aromatic heterocycles. The van der Waals surface area contributed by atoms with Gasteiger partial charge in [0.25, 0.3) is 0 Å². The third kappa shape index (κ3) is 3.67. The molecule has 2 heterocycles. The van der Waals surface area contributed by atoms with Crippen LogP contribution in [0.1, 0.15) is 26.3 Å². The van der Waals surface area contributed by atoms with Gasteiger partial charge >= 0.3 is 0 Å². The Kier molecular flexibility index (Phi) is 4.42. The number of piperazine rings is 1. The monoisotopic (exact) mass is 262 g/mol. The van der Waals surface area contributed by atoms with Crippen molar-refractivity contribution in [2.45, 2.75) is 32.9 Å². The molecule has 0 bridgehead atoms. The minimum atomic E-state index is 0.259. The van der Waals surface area contributed by atoms with Crippen LogP contribution in [-0.2, 0) is 6.54 Å². The van der Waals surface area contributed by atoms with Gasteiger partial charge in [0.15, 0.2) is 0 Å². The average Bonchev–Trinajstić information content (AvgIpc) is 2.36. The normalized spacial score (nSPS) is 20.4. The van der Waals surface area contributed by atoms with Crippen molar-refractivity contribution in [3.05, 3.63) is 23.9 Å². The van der Waals surface area contributed by atoms with Crippen LogP contribution in [0.15, 0.2) is 18.3 Å². The molecule has 4 nitrogen and oxygen atoms in total. The molecule has 4 heteroatoms. The van der Waals surface area contributed by atoms with Crippen LogP contribution in [0.2, 0.25) is 0 Å². The number of pyridine rings is 1. The fourth-order valence-electron chi connectivity index (χ4n) is 2.54. The summed E-state index contributed by atoms with van der Waals surface area (Å²) in [5, 5.41) is 3.23. The Hall–Kier alpha value is -1.13. The number of rotatable bonds is 4. The Labute approximate surface area is 116 Å². The predicted molar refractivity (Wildman–Crippen MR) is 80.4 cm³/mol. The summed E-state index contributed by atoms with van der Waals surface area (Å²) in [6.45, 7) is 12.0. The van der Waals surface area contributed by atoms with Gasteiger partial charge in [-0.15, -0.1) is 0 Å². The van der Waals surface area contributed by atoms with E-state index in [0.717, 1.165) is 38.5 Å². The van der Waals surface area contributed by atoms with Crippen molar-refractivity contribution in [3.8, 4) is 0 Å². The van der Waals surface area contributed by atoms with E-state index in [1.54, 1.807) is 0 Å². The highest BCUT2D eigenvalue weighted by molar-refractivity contribution is 5.35. The molecule has 0 saturated carbocycles. The van der Waals surface area contributed by atoms with Crippen LogP contribution >= 0.6 is 0 Å². The molecule has 0 atom stereocenters. The quantitative estimate of drug-likeness (QED) is 0.900. The lowest BCUT2D eigenvalue weighted by molar-refractivity contribution is 0.0359. The van der Waals surface area contributed by atoms with Crippen LogP contribution in [0, 0.1) is 0 Å². The van der Waals surface area contributed by atoms with E-state index in [1.165, 1.54) is 5.56 Å². The lowest BCUT2D eigenvalue weighted by atomic mass is 9.99.